The highest BCUT2D eigenvalue weighted by molar-refractivity contribution is 6.30. The van der Waals surface area contributed by atoms with Gasteiger partial charge in [-0.25, -0.2) is 0 Å². The van der Waals surface area contributed by atoms with Gasteiger partial charge >= 0.3 is 5.97 Å². The van der Waals surface area contributed by atoms with Crippen LogP contribution in [-0.2, 0) is 14.3 Å². The van der Waals surface area contributed by atoms with Crippen LogP contribution in [0.2, 0.25) is 5.02 Å². The molecule has 0 radical (unpaired) electrons. The average molecular weight is 405 g/mol. The zero-order chi connectivity index (χ0) is 20.4. The lowest BCUT2D eigenvalue weighted by Gasteiger charge is -2.29. The molecule has 0 N–H and O–H groups in total. The van der Waals surface area contributed by atoms with Crippen molar-refractivity contribution >= 4 is 39.7 Å². The highest BCUT2D eigenvalue weighted by Gasteiger charge is 2.39. The summed E-state index contributed by atoms with van der Waals surface area (Å²) < 4.78 is 5.21. The first kappa shape index (κ1) is 19.4. The van der Waals surface area contributed by atoms with Crippen molar-refractivity contribution in [2.24, 2.45) is 5.92 Å². The average Bonchev–Trinajstić information content (AvgIpc) is 2.73. The van der Waals surface area contributed by atoms with Gasteiger partial charge in [-0.1, -0.05) is 60.1 Å². The van der Waals surface area contributed by atoms with Crippen LogP contribution >= 0.6 is 11.6 Å². The molecule has 0 saturated carbocycles. The molecule has 4 rings (SSSR count). The van der Waals surface area contributed by atoms with E-state index in [2.05, 4.69) is 24.3 Å². The fraction of sp³-hybridized carbons (Fsp3) is 0.200. The first-order chi connectivity index (χ1) is 14.1. The van der Waals surface area contributed by atoms with Gasteiger partial charge in [0.15, 0.2) is 5.78 Å². The Morgan fingerprint density at radius 3 is 2.48 bits per heavy atom. The molecule has 0 amide bonds. The van der Waals surface area contributed by atoms with E-state index in [0.717, 1.165) is 27.5 Å². The topological polar surface area (TPSA) is 43.4 Å². The van der Waals surface area contributed by atoms with E-state index in [1.54, 1.807) is 25.1 Å². The third-order valence-corrected chi connectivity index (χ3v) is 5.68. The van der Waals surface area contributed by atoms with Crippen molar-refractivity contribution < 1.29 is 14.3 Å². The summed E-state index contributed by atoms with van der Waals surface area (Å²) in [5, 5.41) is 2.89. The van der Waals surface area contributed by atoms with Gasteiger partial charge in [0.05, 0.1) is 6.61 Å². The summed E-state index contributed by atoms with van der Waals surface area (Å²) >= 11 is 6.04. The number of carbonyl (C=O) groups excluding carboxylic acids is 2. The quantitative estimate of drug-likeness (QED) is 0.407. The van der Waals surface area contributed by atoms with Crippen molar-refractivity contribution in [3.63, 3.8) is 0 Å². The Labute approximate surface area is 174 Å². The lowest BCUT2D eigenvalue weighted by molar-refractivity contribution is -0.151. The summed E-state index contributed by atoms with van der Waals surface area (Å²) in [6.45, 7) is 2.00. The Morgan fingerprint density at radius 2 is 1.76 bits per heavy atom. The second-order valence-corrected chi connectivity index (χ2v) is 7.66. The minimum atomic E-state index is -0.833. The number of halogens is 1. The van der Waals surface area contributed by atoms with Crippen LogP contribution in [0.5, 0.6) is 0 Å². The molecule has 0 saturated heterocycles. The zero-order valence-corrected chi connectivity index (χ0v) is 16.9. The Hall–Kier alpha value is -2.91. The van der Waals surface area contributed by atoms with Gasteiger partial charge in [0.2, 0.25) is 0 Å². The lowest BCUT2D eigenvalue weighted by Crippen LogP contribution is -2.34. The molecule has 0 aliphatic heterocycles. The maximum atomic E-state index is 13.0. The van der Waals surface area contributed by atoms with Gasteiger partial charge in [-0.3, -0.25) is 9.59 Å². The van der Waals surface area contributed by atoms with E-state index in [9.17, 15) is 9.59 Å². The van der Waals surface area contributed by atoms with Crippen molar-refractivity contribution in [3.05, 3.63) is 89.0 Å². The highest BCUT2D eigenvalue weighted by atomic mass is 35.5. The zero-order valence-electron chi connectivity index (χ0n) is 16.1. The standard InChI is InChI=1S/C25H21ClO3/c1-2-29-25(28)24-22(17-9-11-21(26)12-10-17)14-20(15-23(24)27)19-8-7-16-5-3-4-6-18(16)13-19/h3-13,15,22,24H,2,14H2,1H3. The van der Waals surface area contributed by atoms with E-state index in [0.29, 0.717) is 11.4 Å². The Morgan fingerprint density at radius 1 is 1.03 bits per heavy atom. The highest BCUT2D eigenvalue weighted by Crippen LogP contribution is 2.41. The lowest BCUT2D eigenvalue weighted by atomic mass is 9.73. The van der Waals surface area contributed by atoms with Gasteiger partial charge < -0.3 is 4.74 Å². The van der Waals surface area contributed by atoms with E-state index in [1.165, 1.54) is 0 Å². The molecule has 2 unspecified atom stereocenters. The van der Waals surface area contributed by atoms with Crippen LogP contribution in [-0.4, -0.2) is 18.4 Å². The molecule has 3 nitrogen and oxygen atoms in total. The van der Waals surface area contributed by atoms with Gasteiger partial charge in [0.1, 0.15) is 5.92 Å². The first-order valence-electron chi connectivity index (χ1n) is 9.72. The molecule has 3 aromatic rings. The molecule has 146 valence electrons. The van der Waals surface area contributed by atoms with E-state index in [1.807, 2.05) is 30.3 Å². The summed E-state index contributed by atoms with van der Waals surface area (Å²) in [5.74, 6) is -1.80. The van der Waals surface area contributed by atoms with Gasteiger partial charge in [0.25, 0.3) is 0 Å². The normalized spacial score (nSPS) is 19.1. The second-order valence-electron chi connectivity index (χ2n) is 7.23. The molecule has 0 bridgehead atoms. The second kappa shape index (κ2) is 8.22. The number of hydrogen-bond donors (Lipinski definition) is 0. The van der Waals surface area contributed by atoms with E-state index >= 15 is 0 Å². The van der Waals surface area contributed by atoms with Crippen LogP contribution in [0.4, 0.5) is 0 Å². The van der Waals surface area contributed by atoms with E-state index in [-0.39, 0.29) is 18.3 Å². The molecule has 2 atom stereocenters. The van der Waals surface area contributed by atoms with Crippen molar-refractivity contribution in [1.82, 2.24) is 0 Å². The summed E-state index contributed by atoms with van der Waals surface area (Å²) in [6, 6.07) is 21.7. The van der Waals surface area contributed by atoms with E-state index < -0.39 is 11.9 Å². The van der Waals surface area contributed by atoms with Gasteiger partial charge in [0, 0.05) is 10.9 Å². The summed E-state index contributed by atoms with van der Waals surface area (Å²) in [5.41, 5.74) is 2.84. The number of allylic oxidation sites excluding steroid dienone is 2. The number of benzene rings is 3. The number of ether oxygens (including phenoxy) is 1. The van der Waals surface area contributed by atoms with Gasteiger partial charge in [-0.05, 0) is 65.1 Å². The molecule has 0 aromatic heterocycles. The van der Waals surface area contributed by atoms with Gasteiger partial charge in [-0.15, -0.1) is 0 Å². The monoisotopic (exact) mass is 404 g/mol. The van der Waals surface area contributed by atoms with E-state index in [4.69, 9.17) is 16.3 Å². The number of hydrogen-bond acceptors (Lipinski definition) is 3. The van der Waals surface area contributed by atoms with Crippen LogP contribution in [0.1, 0.15) is 30.4 Å². The predicted molar refractivity (Wildman–Crippen MR) is 116 cm³/mol. The molecule has 1 aliphatic rings. The van der Waals surface area contributed by atoms with Crippen LogP contribution in [0.25, 0.3) is 16.3 Å². The molecule has 29 heavy (non-hydrogen) atoms. The molecule has 0 heterocycles. The van der Waals surface area contributed by atoms with Crippen LogP contribution < -0.4 is 0 Å². The maximum absolute atomic E-state index is 13.0. The van der Waals surface area contributed by atoms with Crippen LogP contribution in [0.3, 0.4) is 0 Å². The summed E-state index contributed by atoms with van der Waals surface area (Å²) in [6.07, 6.45) is 2.19. The molecule has 0 fully saturated rings. The minimum Gasteiger partial charge on any atom is -0.465 e. The number of fused-ring (bicyclic) bond motifs is 1. The molecular weight excluding hydrogens is 384 g/mol. The Bertz CT molecular complexity index is 1100. The molecular formula is C25H21ClO3. The fourth-order valence-corrected chi connectivity index (χ4v) is 4.12. The molecule has 1 aliphatic carbocycles. The van der Waals surface area contributed by atoms with Gasteiger partial charge in [-0.2, -0.15) is 0 Å². The summed E-state index contributed by atoms with van der Waals surface area (Å²) in [7, 11) is 0. The largest absolute Gasteiger partial charge is 0.465 e. The number of rotatable bonds is 4. The minimum absolute atomic E-state index is 0.210. The molecule has 4 heteroatoms. The Kier molecular flexibility index (Phi) is 5.50. The SMILES string of the molecule is CCOC(=O)C1C(=O)C=C(c2ccc3ccccc3c2)CC1c1ccc(Cl)cc1. The van der Waals surface area contributed by atoms with Crippen LogP contribution in [0.15, 0.2) is 72.8 Å². The van der Waals surface area contributed by atoms with Crippen molar-refractivity contribution in [1.29, 1.82) is 0 Å². The van der Waals surface area contributed by atoms with Crippen molar-refractivity contribution in [3.8, 4) is 0 Å². The van der Waals surface area contributed by atoms with Crippen molar-refractivity contribution in [2.45, 2.75) is 19.3 Å². The summed E-state index contributed by atoms with van der Waals surface area (Å²) in [4.78, 5) is 25.6. The van der Waals surface area contributed by atoms with Crippen molar-refractivity contribution in [2.75, 3.05) is 6.61 Å². The first-order valence-corrected chi connectivity index (χ1v) is 10.1. The third-order valence-electron chi connectivity index (χ3n) is 5.42. The molecule has 3 aromatic carbocycles. The molecule has 0 spiro atoms. The smallest absolute Gasteiger partial charge is 0.317 e. The Balaban J connectivity index is 1.76. The van der Waals surface area contributed by atoms with Crippen LogP contribution in [0, 0.1) is 5.92 Å². The number of esters is 1. The third kappa shape index (κ3) is 3.96. The number of ketones is 1. The number of carbonyl (C=O) groups is 2. The predicted octanol–water partition coefficient (Wildman–Crippen LogP) is 5.81. The fourth-order valence-electron chi connectivity index (χ4n) is 4.00. The maximum Gasteiger partial charge on any atom is 0.317 e.